The maximum Gasteiger partial charge on any atom is 0.265 e. The number of hydrogen-bond acceptors (Lipinski definition) is 4. The maximum absolute atomic E-state index is 13.2. The van der Waals surface area contributed by atoms with Gasteiger partial charge < -0.3 is 4.74 Å². The lowest BCUT2D eigenvalue weighted by molar-refractivity contribution is 0.0980. The molecule has 0 aromatic heterocycles. The summed E-state index contributed by atoms with van der Waals surface area (Å²) in [4.78, 5) is 13.1. The first-order valence-electron chi connectivity index (χ1n) is 11.2. The normalized spacial score (nSPS) is 11.5. The van der Waals surface area contributed by atoms with E-state index in [0.29, 0.717) is 29.2 Å². The van der Waals surface area contributed by atoms with Crippen LogP contribution in [0.5, 0.6) is 5.75 Å². The summed E-state index contributed by atoms with van der Waals surface area (Å²) in [6.07, 6.45) is 0.614. The molecule has 34 heavy (non-hydrogen) atoms. The quantitative estimate of drug-likeness (QED) is 0.392. The molecule has 0 unspecified atom stereocenters. The lowest BCUT2D eigenvalue weighted by Crippen LogP contribution is -2.32. The van der Waals surface area contributed by atoms with Crippen molar-refractivity contribution in [2.45, 2.75) is 45.9 Å². The van der Waals surface area contributed by atoms with Crippen molar-refractivity contribution in [1.82, 2.24) is 4.72 Å². The number of hydrogen-bond donors (Lipinski definition) is 1. The Balaban J connectivity index is 2.03. The minimum atomic E-state index is -4.09. The fourth-order valence-electron chi connectivity index (χ4n) is 3.85. The Bertz CT molecular complexity index is 1320. The number of carbonyl (C=O) groups excluding carboxylic acids is 1. The number of sulfonamides is 1. The smallest absolute Gasteiger partial charge is 0.265 e. The van der Waals surface area contributed by atoms with Gasteiger partial charge in [-0.05, 0) is 80.1 Å². The van der Waals surface area contributed by atoms with Gasteiger partial charge in [0.15, 0.2) is 0 Å². The predicted octanol–water partition coefficient (Wildman–Crippen LogP) is 6.34. The summed E-state index contributed by atoms with van der Waals surface area (Å²) in [7, 11) is -4.09. The van der Waals surface area contributed by atoms with Gasteiger partial charge in [0.2, 0.25) is 0 Å². The van der Waals surface area contributed by atoms with Crippen molar-refractivity contribution in [2.75, 3.05) is 6.61 Å². The molecule has 0 bridgehead atoms. The van der Waals surface area contributed by atoms with Crippen molar-refractivity contribution in [3.05, 3.63) is 81.9 Å². The van der Waals surface area contributed by atoms with Gasteiger partial charge in [0.05, 0.1) is 11.5 Å². The van der Waals surface area contributed by atoms with E-state index in [1.807, 2.05) is 44.2 Å². The molecular weight excluding hydrogens is 470 g/mol. The van der Waals surface area contributed by atoms with Crippen LogP contribution in [-0.2, 0) is 16.4 Å². The summed E-state index contributed by atoms with van der Waals surface area (Å²) >= 11 is 6.09. The minimum absolute atomic E-state index is 0.0171. The van der Waals surface area contributed by atoms with E-state index in [4.69, 9.17) is 16.3 Å². The van der Waals surface area contributed by atoms with E-state index < -0.39 is 15.9 Å². The van der Waals surface area contributed by atoms with Gasteiger partial charge in [-0.1, -0.05) is 55.3 Å². The first kappa shape index (κ1) is 25.8. The minimum Gasteiger partial charge on any atom is -0.493 e. The number of ether oxygens (including phenoxy) is 1. The Kier molecular flexibility index (Phi) is 8.05. The molecule has 3 rings (SSSR count). The second-order valence-corrected chi connectivity index (χ2v) is 10.8. The lowest BCUT2D eigenvalue weighted by Gasteiger charge is -2.17. The van der Waals surface area contributed by atoms with E-state index in [1.54, 1.807) is 25.1 Å². The van der Waals surface area contributed by atoms with Gasteiger partial charge in [-0.3, -0.25) is 4.79 Å². The molecule has 180 valence electrons. The molecule has 0 saturated heterocycles. The molecule has 0 aliphatic carbocycles. The third-order valence-electron chi connectivity index (χ3n) is 5.46. The average Bonchev–Trinajstić information content (AvgIpc) is 2.76. The third-order valence-corrected chi connectivity index (χ3v) is 7.34. The summed E-state index contributed by atoms with van der Waals surface area (Å²) in [5.74, 6) is 0.355. The van der Waals surface area contributed by atoms with Gasteiger partial charge in [0.25, 0.3) is 15.9 Å². The number of benzene rings is 3. The second kappa shape index (κ2) is 10.6. The fraction of sp³-hybridized carbons (Fsp3) is 0.296. The van der Waals surface area contributed by atoms with Crippen LogP contribution in [0.1, 0.15) is 47.8 Å². The molecule has 0 saturated carbocycles. The molecule has 3 aromatic carbocycles. The molecule has 0 aliphatic heterocycles. The van der Waals surface area contributed by atoms with Crippen molar-refractivity contribution in [1.29, 1.82) is 0 Å². The van der Waals surface area contributed by atoms with Gasteiger partial charge in [0, 0.05) is 16.1 Å². The van der Waals surface area contributed by atoms with Crippen molar-refractivity contribution < 1.29 is 17.9 Å². The van der Waals surface area contributed by atoms with Crippen LogP contribution in [0.3, 0.4) is 0 Å². The molecule has 1 amide bonds. The zero-order valence-electron chi connectivity index (χ0n) is 20.1. The van der Waals surface area contributed by atoms with Crippen molar-refractivity contribution >= 4 is 27.5 Å². The highest BCUT2D eigenvalue weighted by atomic mass is 35.5. The topological polar surface area (TPSA) is 72.5 Å². The summed E-state index contributed by atoms with van der Waals surface area (Å²) in [6.45, 7) is 10.2. The summed E-state index contributed by atoms with van der Waals surface area (Å²) in [5.41, 5.74) is 4.42. The molecule has 0 radical (unpaired) electrons. The number of amides is 1. The number of halogens is 1. The molecule has 5 nitrogen and oxygen atoms in total. The molecule has 7 heteroatoms. The summed E-state index contributed by atoms with van der Waals surface area (Å²) in [5, 5.41) is 0.323. The molecule has 3 aromatic rings. The monoisotopic (exact) mass is 499 g/mol. The van der Waals surface area contributed by atoms with Crippen LogP contribution in [0, 0.1) is 19.8 Å². The van der Waals surface area contributed by atoms with Gasteiger partial charge in [0.1, 0.15) is 5.75 Å². The number of aryl methyl sites for hydroxylation is 1. The SMILES string of the molecule is CCOc1ccc(C)cc1-c1ccc(C(=O)NS(=O)(=O)c2cccc(Cl)c2C)c(CC(C)C)c1. The Morgan fingerprint density at radius 1 is 1.06 bits per heavy atom. The fourth-order valence-corrected chi connectivity index (χ4v) is 5.32. The Morgan fingerprint density at radius 3 is 2.47 bits per heavy atom. The molecule has 0 heterocycles. The van der Waals surface area contributed by atoms with Gasteiger partial charge in [-0.15, -0.1) is 0 Å². The van der Waals surface area contributed by atoms with E-state index in [-0.39, 0.29) is 10.8 Å². The summed E-state index contributed by atoms with van der Waals surface area (Å²) in [6, 6.07) is 16.0. The standard InChI is InChI=1S/C27H30ClNO4S/c1-6-33-25-13-10-18(4)15-23(25)20-11-12-22(21(16-20)14-17(2)3)27(30)29-34(31,32)26-9-7-8-24(28)19(26)5/h7-13,15-17H,6,14H2,1-5H3,(H,29,30). The lowest BCUT2D eigenvalue weighted by atomic mass is 9.92. The summed E-state index contributed by atoms with van der Waals surface area (Å²) < 4.78 is 33.9. The first-order chi connectivity index (χ1) is 16.0. The Morgan fingerprint density at radius 2 is 1.79 bits per heavy atom. The first-order valence-corrected chi connectivity index (χ1v) is 13.1. The largest absolute Gasteiger partial charge is 0.493 e. The van der Waals surface area contributed by atoms with Crippen molar-refractivity contribution in [3.63, 3.8) is 0 Å². The van der Waals surface area contributed by atoms with Gasteiger partial charge in [-0.2, -0.15) is 0 Å². The van der Waals surface area contributed by atoms with Crippen molar-refractivity contribution in [2.24, 2.45) is 5.92 Å². The van der Waals surface area contributed by atoms with Gasteiger partial charge >= 0.3 is 0 Å². The highest BCUT2D eigenvalue weighted by Crippen LogP contribution is 2.33. The van der Waals surface area contributed by atoms with E-state index in [0.717, 1.165) is 28.0 Å². The zero-order chi connectivity index (χ0) is 25.0. The maximum atomic E-state index is 13.2. The van der Waals surface area contributed by atoms with Crippen LogP contribution in [0.15, 0.2) is 59.5 Å². The highest BCUT2D eigenvalue weighted by Gasteiger charge is 2.24. The highest BCUT2D eigenvalue weighted by molar-refractivity contribution is 7.90. The molecule has 0 aliphatic rings. The Hall–Kier alpha value is -2.83. The number of rotatable bonds is 8. The Labute approximate surface area is 207 Å². The molecular formula is C27H30ClNO4S. The number of carbonyl (C=O) groups is 1. The molecule has 1 N–H and O–H groups in total. The molecule has 0 spiro atoms. The van der Waals surface area contributed by atoms with Crippen LogP contribution >= 0.6 is 11.6 Å². The van der Waals surface area contributed by atoms with E-state index >= 15 is 0 Å². The van der Waals surface area contributed by atoms with Crippen LogP contribution in [-0.4, -0.2) is 20.9 Å². The van der Waals surface area contributed by atoms with Crippen LogP contribution in [0.25, 0.3) is 11.1 Å². The second-order valence-electron chi connectivity index (χ2n) is 8.70. The predicted molar refractivity (Wildman–Crippen MR) is 137 cm³/mol. The van der Waals surface area contributed by atoms with Crippen LogP contribution in [0.4, 0.5) is 0 Å². The van der Waals surface area contributed by atoms with E-state index in [9.17, 15) is 13.2 Å². The van der Waals surface area contributed by atoms with Crippen molar-refractivity contribution in [3.8, 4) is 16.9 Å². The van der Waals surface area contributed by atoms with Crippen LogP contribution < -0.4 is 9.46 Å². The number of nitrogens with one attached hydrogen (secondary N) is 1. The van der Waals surface area contributed by atoms with Crippen LogP contribution in [0.2, 0.25) is 5.02 Å². The molecule has 0 atom stereocenters. The van der Waals surface area contributed by atoms with Gasteiger partial charge in [-0.25, -0.2) is 13.1 Å². The van der Waals surface area contributed by atoms with E-state index in [2.05, 4.69) is 18.6 Å². The average molecular weight is 500 g/mol. The third kappa shape index (κ3) is 5.80. The zero-order valence-corrected chi connectivity index (χ0v) is 21.7. The molecule has 0 fully saturated rings. The van der Waals surface area contributed by atoms with E-state index in [1.165, 1.54) is 6.07 Å².